The standard InChI is InChI=1S/C11H14ClN3/c1-15(2)9-7-13-10(11(12)14-9)8-5-3-4-6-8/h5,7H,3-4,6H2,1-2H3. The van der Waals surface area contributed by atoms with Crippen molar-refractivity contribution >= 4 is 23.0 Å². The van der Waals surface area contributed by atoms with Crippen molar-refractivity contribution in [3.8, 4) is 0 Å². The minimum atomic E-state index is 0.509. The first kappa shape index (κ1) is 10.4. The quantitative estimate of drug-likeness (QED) is 0.772. The molecule has 0 saturated heterocycles. The summed E-state index contributed by atoms with van der Waals surface area (Å²) in [7, 11) is 3.85. The summed E-state index contributed by atoms with van der Waals surface area (Å²) in [6.07, 6.45) is 7.35. The minimum Gasteiger partial charge on any atom is -0.361 e. The van der Waals surface area contributed by atoms with Crippen LogP contribution in [0.15, 0.2) is 12.3 Å². The van der Waals surface area contributed by atoms with E-state index >= 15 is 0 Å². The first-order chi connectivity index (χ1) is 7.18. The highest BCUT2D eigenvalue weighted by atomic mass is 35.5. The molecule has 1 aliphatic rings. The number of anilines is 1. The van der Waals surface area contributed by atoms with E-state index in [9.17, 15) is 0 Å². The van der Waals surface area contributed by atoms with Crippen molar-refractivity contribution in [1.29, 1.82) is 0 Å². The fourth-order valence-corrected chi connectivity index (χ4v) is 1.93. The number of allylic oxidation sites excluding steroid dienone is 2. The molecule has 1 aromatic heterocycles. The van der Waals surface area contributed by atoms with E-state index in [0.717, 1.165) is 24.4 Å². The Hall–Kier alpha value is -1.09. The van der Waals surface area contributed by atoms with Gasteiger partial charge in [-0.2, -0.15) is 0 Å². The second kappa shape index (κ2) is 4.19. The van der Waals surface area contributed by atoms with E-state index in [1.165, 1.54) is 12.0 Å². The van der Waals surface area contributed by atoms with Crippen LogP contribution in [0.3, 0.4) is 0 Å². The highest BCUT2D eigenvalue weighted by Crippen LogP contribution is 2.30. The normalized spacial score (nSPS) is 15.3. The van der Waals surface area contributed by atoms with Gasteiger partial charge >= 0.3 is 0 Å². The van der Waals surface area contributed by atoms with E-state index in [1.54, 1.807) is 6.20 Å². The van der Waals surface area contributed by atoms with Crippen molar-refractivity contribution in [3.05, 3.63) is 23.1 Å². The molecule has 2 rings (SSSR count). The van der Waals surface area contributed by atoms with Gasteiger partial charge in [0.05, 0.1) is 6.20 Å². The van der Waals surface area contributed by atoms with Crippen molar-refractivity contribution in [2.45, 2.75) is 19.3 Å². The number of rotatable bonds is 2. The highest BCUT2D eigenvalue weighted by Gasteiger charge is 2.13. The molecule has 0 atom stereocenters. The third-order valence-electron chi connectivity index (χ3n) is 2.52. The first-order valence-electron chi connectivity index (χ1n) is 5.08. The van der Waals surface area contributed by atoms with Gasteiger partial charge in [-0.3, -0.25) is 0 Å². The fraction of sp³-hybridized carbons (Fsp3) is 0.455. The highest BCUT2D eigenvalue weighted by molar-refractivity contribution is 6.31. The lowest BCUT2D eigenvalue weighted by molar-refractivity contribution is 0.930. The summed E-state index contributed by atoms with van der Waals surface area (Å²) < 4.78 is 0. The Morgan fingerprint density at radius 1 is 1.40 bits per heavy atom. The van der Waals surface area contributed by atoms with Gasteiger partial charge in [0, 0.05) is 14.1 Å². The first-order valence-corrected chi connectivity index (χ1v) is 5.45. The third kappa shape index (κ3) is 2.12. The Morgan fingerprint density at radius 2 is 2.20 bits per heavy atom. The number of aromatic nitrogens is 2. The molecule has 0 fully saturated rings. The zero-order valence-electron chi connectivity index (χ0n) is 9.00. The predicted molar refractivity (Wildman–Crippen MR) is 63.2 cm³/mol. The summed E-state index contributed by atoms with van der Waals surface area (Å²) in [5, 5.41) is 0.509. The SMILES string of the molecule is CN(C)c1cnc(C2=CCCC2)c(Cl)n1. The van der Waals surface area contributed by atoms with Crippen LogP contribution in [0, 0.1) is 0 Å². The molecule has 0 aromatic carbocycles. The number of hydrogen-bond acceptors (Lipinski definition) is 3. The van der Waals surface area contributed by atoms with Crippen LogP contribution in [-0.2, 0) is 0 Å². The zero-order valence-corrected chi connectivity index (χ0v) is 9.75. The average molecular weight is 224 g/mol. The Kier molecular flexibility index (Phi) is 2.91. The molecule has 1 aliphatic carbocycles. The summed E-state index contributed by atoms with van der Waals surface area (Å²) in [5.41, 5.74) is 2.08. The van der Waals surface area contributed by atoms with E-state index in [-0.39, 0.29) is 0 Å². The molecule has 0 aliphatic heterocycles. The van der Waals surface area contributed by atoms with Crippen LogP contribution in [0.1, 0.15) is 25.0 Å². The Labute approximate surface area is 94.8 Å². The average Bonchev–Trinajstić information content (AvgIpc) is 2.70. The summed E-state index contributed by atoms with van der Waals surface area (Å²) >= 11 is 6.11. The molecule has 3 nitrogen and oxygen atoms in total. The van der Waals surface area contributed by atoms with Gasteiger partial charge in [0.15, 0.2) is 5.15 Å². The van der Waals surface area contributed by atoms with E-state index in [1.807, 2.05) is 19.0 Å². The zero-order chi connectivity index (χ0) is 10.8. The number of nitrogens with zero attached hydrogens (tertiary/aromatic N) is 3. The molecule has 4 heteroatoms. The molecular weight excluding hydrogens is 210 g/mol. The molecule has 0 saturated carbocycles. The van der Waals surface area contributed by atoms with Crippen LogP contribution < -0.4 is 4.90 Å². The maximum absolute atomic E-state index is 6.11. The van der Waals surface area contributed by atoms with E-state index < -0.39 is 0 Å². The van der Waals surface area contributed by atoms with Gasteiger partial charge < -0.3 is 4.90 Å². The molecule has 0 unspecified atom stereocenters. The molecule has 15 heavy (non-hydrogen) atoms. The Bertz CT molecular complexity index is 399. The Morgan fingerprint density at radius 3 is 2.73 bits per heavy atom. The molecule has 1 heterocycles. The molecule has 0 radical (unpaired) electrons. The largest absolute Gasteiger partial charge is 0.361 e. The van der Waals surface area contributed by atoms with Gasteiger partial charge in [-0.05, 0) is 24.8 Å². The van der Waals surface area contributed by atoms with Crippen LogP contribution in [-0.4, -0.2) is 24.1 Å². The smallest absolute Gasteiger partial charge is 0.157 e. The van der Waals surface area contributed by atoms with Gasteiger partial charge in [0.1, 0.15) is 11.5 Å². The van der Waals surface area contributed by atoms with Gasteiger partial charge in [-0.1, -0.05) is 17.7 Å². The number of hydrogen-bond donors (Lipinski definition) is 0. The number of halogens is 1. The van der Waals surface area contributed by atoms with E-state index in [0.29, 0.717) is 5.15 Å². The Balaban J connectivity index is 2.34. The van der Waals surface area contributed by atoms with E-state index in [2.05, 4.69) is 16.0 Å². The van der Waals surface area contributed by atoms with Crippen molar-refractivity contribution in [2.24, 2.45) is 0 Å². The second-order valence-electron chi connectivity index (χ2n) is 3.88. The lowest BCUT2D eigenvalue weighted by Gasteiger charge is -2.12. The van der Waals surface area contributed by atoms with Crippen LogP contribution in [0.5, 0.6) is 0 Å². The van der Waals surface area contributed by atoms with Gasteiger partial charge in [0.2, 0.25) is 0 Å². The molecule has 1 aromatic rings. The van der Waals surface area contributed by atoms with Crippen LogP contribution in [0.4, 0.5) is 5.82 Å². The van der Waals surface area contributed by atoms with Crippen molar-refractivity contribution in [2.75, 3.05) is 19.0 Å². The molecule has 0 N–H and O–H groups in total. The lowest BCUT2D eigenvalue weighted by Crippen LogP contribution is -2.11. The summed E-state index contributed by atoms with van der Waals surface area (Å²) in [4.78, 5) is 10.6. The van der Waals surface area contributed by atoms with Crippen molar-refractivity contribution < 1.29 is 0 Å². The third-order valence-corrected chi connectivity index (χ3v) is 2.78. The summed E-state index contributed by atoms with van der Waals surface area (Å²) in [6.45, 7) is 0. The second-order valence-corrected chi connectivity index (χ2v) is 4.24. The predicted octanol–water partition coefficient (Wildman–Crippen LogP) is 2.76. The van der Waals surface area contributed by atoms with Gasteiger partial charge in [-0.25, -0.2) is 9.97 Å². The topological polar surface area (TPSA) is 29.0 Å². The molecule has 80 valence electrons. The van der Waals surface area contributed by atoms with Crippen molar-refractivity contribution in [1.82, 2.24) is 9.97 Å². The van der Waals surface area contributed by atoms with Gasteiger partial charge in [0.25, 0.3) is 0 Å². The molecule has 0 amide bonds. The molecule has 0 spiro atoms. The fourth-order valence-electron chi connectivity index (χ4n) is 1.67. The van der Waals surface area contributed by atoms with E-state index in [4.69, 9.17) is 11.6 Å². The maximum Gasteiger partial charge on any atom is 0.157 e. The van der Waals surface area contributed by atoms with Crippen LogP contribution in [0.2, 0.25) is 5.15 Å². The molecule has 0 bridgehead atoms. The van der Waals surface area contributed by atoms with Gasteiger partial charge in [-0.15, -0.1) is 0 Å². The molecular formula is C11H14ClN3. The maximum atomic E-state index is 6.11. The summed E-state index contributed by atoms with van der Waals surface area (Å²) in [5.74, 6) is 0.794. The lowest BCUT2D eigenvalue weighted by atomic mass is 10.2. The monoisotopic (exact) mass is 223 g/mol. The van der Waals surface area contributed by atoms with Crippen LogP contribution in [0.25, 0.3) is 5.57 Å². The van der Waals surface area contributed by atoms with Crippen LogP contribution >= 0.6 is 11.6 Å². The minimum absolute atomic E-state index is 0.509. The van der Waals surface area contributed by atoms with Crippen molar-refractivity contribution in [3.63, 3.8) is 0 Å². The summed E-state index contributed by atoms with van der Waals surface area (Å²) in [6, 6.07) is 0.